The maximum atomic E-state index is 5.50. The molecule has 0 aliphatic rings. The monoisotopic (exact) mass is 187 g/mol. The van der Waals surface area contributed by atoms with Gasteiger partial charge in [0, 0.05) is 0 Å². The van der Waals surface area contributed by atoms with E-state index in [4.69, 9.17) is 3.53 Å². The molecule has 0 aromatic carbocycles. The molecule has 0 rings (SSSR count). The molecule has 0 amide bonds. The quantitative estimate of drug-likeness (QED) is 0.605. The summed E-state index contributed by atoms with van der Waals surface area (Å²) in [4.78, 5) is 2.14. The number of likely N-dealkylation sites (N-methyl/N-ethyl adjacent to an activating group) is 1. The number of hydrogen-bond acceptors (Lipinski definition) is 2. The van der Waals surface area contributed by atoms with Crippen molar-refractivity contribution in [3.8, 4) is 0 Å². The van der Waals surface area contributed by atoms with Gasteiger partial charge in [-0.15, -0.1) is 0 Å². The summed E-state index contributed by atoms with van der Waals surface area (Å²) < 4.78 is 5.50. The van der Waals surface area contributed by atoms with Crippen molar-refractivity contribution < 1.29 is 3.53 Å². The molecule has 0 aromatic heterocycles. The SMILES string of the molecule is CN(C)CC[O][Ga]([CH3])[CH3]. The topological polar surface area (TPSA) is 12.5 Å². The first-order chi connectivity index (χ1) is 4.13. The molecule has 9 heavy (non-hydrogen) atoms. The number of rotatable bonds is 4. The fourth-order valence-corrected chi connectivity index (χ4v) is 1.68. The van der Waals surface area contributed by atoms with Gasteiger partial charge in [0.1, 0.15) is 0 Å². The van der Waals surface area contributed by atoms with Gasteiger partial charge in [-0.2, -0.15) is 0 Å². The van der Waals surface area contributed by atoms with Crippen LogP contribution < -0.4 is 0 Å². The Kier molecular flexibility index (Phi) is 5.68. The third-order valence-electron chi connectivity index (χ3n) is 0.990. The van der Waals surface area contributed by atoms with Crippen LogP contribution in [-0.2, 0) is 3.53 Å². The zero-order valence-electron chi connectivity index (χ0n) is 6.85. The van der Waals surface area contributed by atoms with Crippen LogP contribution in [0.1, 0.15) is 0 Å². The van der Waals surface area contributed by atoms with E-state index in [0.29, 0.717) is 0 Å². The normalized spacial score (nSPS) is 10.3. The molecule has 54 valence electrons. The van der Waals surface area contributed by atoms with Crippen LogP contribution in [0.4, 0.5) is 0 Å². The third kappa shape index (κ3) is 8.56. The molecule has 0 saturated carbocycles. The zero-order chi connectivity index (χ0) is 7.28. The van der Waals surface area contributed by atoms with Gasteiger partial charge in [-0.25, -0.2) is 0 Å². The summed E-state index contributed by atoms with van der Waals surface area (Å²) in [6.07, 6.45) is 0. The van der Waals surface area contributed by atoms with Crippen molar-refractivity contribution in [2.24, 2.45) is 0 Å². The molecule has 0 heterocycles. The second kappa shape index (κ2) is 5.35. The minimum absolute atomic E-state index is 0.921. The van der Waals surface area contributed by atoms with Crippen LogP contribution in [0.25, 0.3) is 0 Å². The summed E-state index contributed by atoms with van der Waals surface area (Å²) in [7, 11) is 4.13. The first kappa shape index (κ1) is 9.56. The van der Waals surface area contributed by atoms with Crippen LogP contribution in [0.15, 0.2) is 0 Å². The van der Waals surface area contributed by atoms with Crippen LogP contribution in [0, 0.1) is 0 Å². The van der Waals surface area contributed by atoms with Gasteiger partial charge in [-0.3, -0.25) is 0 Å². The Labute approximate surface area is 63.6 Å². The van der Waals surface area contributed by atoms with Crippen molar-refractivity contribution in [3.05, 3.63) is 0 Å². The molecule has 0 saturated heterocycles. The summed E-state index contributed by atoms with van der Waals surface area (Å²) in [5, 5.41) is 0. The summed E-state index contributed by atoms with van der Waals surface area (Å²) in [6.45, 7) is 1.98. The number of nitrogens with zero attached hydrogens (tertiary/aromatic N) is 1. The van der Waals surface area contributed by atoms with Gasteiger partial charge >= 0.3 is 63.2 Å². The van der Waals surface area contributed by atoms with Crippen LogP contribution in [-0.4, -0.2) is 48.7 Å². The Balaban J connectivity index is 2.91. The van der Waals surface area contributed by atoms with Gasteiger partial charge in [0.25, 0.3) is 0 Å². The summed E-state index contributed by atoms with van der Waals surface area (Å²) in [5.41, 5.74) is 4.48. The van der Waals surface area contributed by atoms with Gasteiger partial charge < -0.3 is 0 Å². The molecular weight excluding hydrogens is 172 g/mol. The van der Waals surface area contributed by atoms with Gasteiger partial charge in [-0.05, 0) is 0 Å². The van der Waals surface area contributed by atoms with E-state index >= 15 is 0 Å². The van der Waals surface area contributed by atoms with Crippen molar-refractivity contribution in [2.45, 2.75) is 11.0 Å². The molecule has 0 atom stereocenters. The second-order valence-electron chi connectivity index (χ2n) is 2.72. The molecule has 0 bridgehead atoms. The molecule has 0 radical (unpaired) electrons. The molecular formula is C6H16GaNO. The predicted molar refractivity (Wildman–Crippen MR) is 42.0 cm³/mol. The molecule has 0 aromatic rings. The van der Waals surface area contributed by atoms with Gasteiger partial charge in [0.05, 0.1) is 0 Å². The standard InChI is InChI=1S/C4H10NO.2CH3.Ga/c1-5(2)3-4-6;;;/h3-4H2,1-2H3;2*1H3;/q-1;;;+1. The van der Waals surface area contributed by atoms with Crippen molar-refractivity contribution in [2.75, 3.05) is 27.2 Å². The van der Waals surface area contributed by atoms with E-state index in [9.17, 15) is 0 Å². The average molecular weight is 188 g/mol. The van der Waals surface area contributed by atoms with E-state index in [1.165, 1.54) is 0 Å². The average Bonchev–Trinajstić information content (AvgIpc) is 1.63. The van der Waals surface area contributed by atoms with Gasteiger partial charge in [0.2, 0.25) is 0 Å². The Morgan fingerprint density at radius 1 is 1.33 bits per heavy atom. The van der Waals surface area contributed by atoms with Crippen molar-refractivity contribution >= 4 is 16.6 Å². The summed E-state index contributed by atoms with van der Waals surface area (Å²) in [5.74, 6) is 0. The summed E-state index contributed by atoms with van der Waals surface area (Å²) >= 11 is -1.15. The zero-order valence-corrected chi connectivity index (χ0v) is 9.27. The fraction of sp³-hybridized carbons (Fsp3) is 1.00. The molecule has 0 aliphatic heterocycles. The first-order valence-corrected chi connectivity index (χ1v) is 9.22. The van der Waals surface area contributed by atoms with Crippen LogP contribution in [0.5, 0.6) is 0 Å². The van der Waals surface area contributed by atoms with Crippen molar-refractivity contribution in [1.82, 2.24) is 4.90 Å². The van der Waals surface area contributed by atoms with Crippen LogP contribution in [0.3, 0.4) is 0 Å². The summed E-state index contributed by atoms with van der Waals surface area (Å²) in [6, 6.07) is 0. The number of hydrogen-bond donors (Lipinski definition) is 0. The molecule has 0 N–H and O–H groups in total. The molecule has 0 spiro atoms. The van der Waals surface area contributed by atoms with Crippen LogP contribution in [0.2, 0.25) is 11.0 Å². The molecule has 0 fully saturated rings. The van der Waals surface area contributed by atoms with Gasteiger partial charge in [0.15, 0.2) is 0 Å². The van der Waals surface area contributed by atoms with Crippen molar-refractivity contribution in [3.63, 3.8) is 0 Å². The van der Waals surface area contributed by atoms with E-state index in [2.05, 4.69) is 30.0 Å². The van der Waals surface area contributed by atoms with Crippen LogP contribution >= 0.6 is 0 Å². The Morgan fingerprint density at radius 2 is 1.89 bits per heavy atom. The fourth-order valence-electron chi connectivity index (χ4n) is 0.471. The second-order valence-corrected chi connectivity index (χ2v) is 7.82. The van der Waals surface area contributed by atoms with E-state index in [0.717, 1.165) is 13.2 Å². The predicted octanol–water partition coefficient (Wildman–Crippen LogP) is 0.816. The third-order valence-corrected chi connectivity index (χ3v) is 2.88. The molecule has 3 heteroatoms. The maximum absolute atomic E-state index is 5.50. The minimum atomic E-state index is -1.15. The Bertz CT molecular complexity index is 58.1. The van der Waals surface area contributed by atoms with Gasteiger partial charge in [-0.1, -0.05) is 0 Å². The molecule has 0 unspecified atom stereocenters. The van der Waals surface area contributed by atoms with E-state index in [1.807, 2.05) is 0 Å². The molecule has 2 nitrogen and oxygen atoms in total. The van der Waals surface area contributed by atoms with Crippen molar-refractivity contribution in [1.29, 1.82) is 0 Å². The van der Waals surface area contributed by atoms with E-state index < -0.39 is 16.6 Å². The first-order valence-electron chi connectivity index (χ1n) is 3.39. The van der Waals surface area contributed by atoms with E-state index in [1.54, 1.807) is 0 Å². The Morgan fingerprint density at radius 3 is 2.22 bits per heavy atom. The molecule has 0 aliphatic carbocycles. The Hall–Kier alpha value is 0.556. The van der Waals surface area contributed by atoms with E-state index in [-0.39, 0.29) is 0 Å².